The predicted octanol–water partition coefficient (Wildman–Crippen LogP) is 5.30. The Morgan fingerprint density at radius 2 is 1.85 bits per heavy atom. The summed E-state index contributed by atoms with van der Waals surface area (Å²) in [5.41, 5.74) is 0.875. The average molecular weight is 575 g/mol. The molecule has 0 spiro atoms. The Balaban J connectivity index is 1.69. The number of rotatable bonds is 11. The number of hydrogen-bond donors (Lipinski definition) is 1. The molecule has 206 valence electrons. The molecule has 0 unspecified atom stereocenters. The van der Waals surface area contributed by atoms with Gasteiger partial charge in [-0.15, -0.1) is 0 Å². The molecule has 0 aromatic heterocycles. The van der Waals surface area contributed by atoms with Crippen LogP contribution in [0.5, 0.6) is 11.5 Å². The number of anilines is 1. The summed E-state index contributed by atoms with van der Waals surface area (Å²) in [5, 5.41) is 2.12. The third-order valence-corrected chi connectivity index (χ3v) is 6.43. The number of carbonyl (C=O) groups excluding carboxylic acids is 5. The van der Waals surface area contributed by atoms with E-state index in [1.54, 1.807) is 19.1 Å². The number of imide groups is 1. The van der Waals surface area contributed by atoms with E-state index in [0.717, 1.165) is 11.3 Å². The number of nitrogens with one attached hydrogen (secondary N) is 1. The van der Waals surface area contributed by atoms with E-state index in [2.05, 4.69) is 5.32 Å². The zero-order valence-corrected chi connectivity index (χ0v) is 23.1. The molecule has 1 heterocycles. The van der Waals surface area contributed by atoms with Gasteiger partial charge in [-0.2, -0.15) is 0 Å². The Hall–Kier alpha value is -3.83. The molecular formula is C27H27ClN2O8S. The maximum atomic E-state index is 12.9. The first kappa shape index (κ1) is 29.7. The molecule has 1 fully saturated rings. The van der Waals surface area contributed by atoms with Gasteiger partial charge in [-0.05, 0) is 67.1 Å². The third kappa shape index (κ3) is 8.08. The van der Waals surface area contributed by atoms with Crippen molar-refractivity contribution in [3.63, 3.8) is 0 Å². The lowest BCUT2D eigenvalue weighted by Gasteiger charge is -2.13. The third-order valence-electron chi connectivity index (χ3n) is 5.20. The maximum Gasteiger partial charge on any atom is 0.339 e. The highest BCUT2D eigenvalue weighted by Gasteiger charge is 2.36. The lowest BCUT2D eigenvalue weighted by molar-refractivity contribution is -0.132. The van der Waals surface area contributed by atoms with E-state index in [0.29, 0.717) is 36.1 Å². The van der Waals surface area contributed by atoms with E-state index in [4.69, 9.17) is 25.8 Å². The van der Waals surface area contributed by atoms with Gasteiger partial charge in [0.1, 0.15) is 6.54 Å². The normalized spacial score (nSPS) is 13.9. The van der Waals surface area contributed by atoms with Crippen molar-refractivity contribution in [3.8, 4) is 11.5 Å². The summed E-state index contributed by atoms with van der Waals surface area (Å²) in [5.74, 6) is -1.88. The smallest absolute Gasteiger partial charge is 0.339 e. The van der Waals surface area contributed by atoms with Crippen LogP contribution in [0.1, 0.15) is 49.5 Å². The van der Waals surface area contributed by atoms with Gasteiger partial charge in [-0.3, -0.25) is 24.1 Å². The molecule has 2 aromatic carbocycles. The first-order valence-corrected chi connectivity index (χ1v) is 13.3. The number of benzene rings is 2. The number of amides is 3. The topological polar surface area (TPSA) is 128 Å². The molecule has 1 saturated heterocycles. The lowest BCUT2D eigenvalue weighted by atomic mass is 10.2. The number of ether oxygens (including phenoxy) is 3. The molecule has 3 rings (SSSR count). The van der Waals surface area contributed by atoms with Crippen LogP contribution in [0.2, 0.25) is 5.02 Å². The van der Waals surface area contributed by atoms with Gasteiger partial charge in [-0.25, -0.2) is 4.79 Å². The van der Waals surface area contributed by atoms with E-state index in [9.17, 15) is 24.0 Å². The Morgan fingerprint density at radius 3 is 2.54 bits per heavy atom. The van der Waals surface area contributed by atoms with Crippen LogP contribution in [0.3, 0.4) is 0 Å². The highest BCUT2D eigenvalue weighted by molar-refractivity contribution is 8.18. The number of halogens is 1. The van der Waals surface area contributed by atoms with Crippen LogP contribution in [-0.4, -0.2) is 53.7 Å². The maximum absolute atomic E-state index is 12.9. The zero-order chi connectivity index (χ0) is 28.5. The van der Waals surface area contributed by atoms with Crippen molar-refractivity contribution in [3.05, 3.63) is 57.5 Å². The molecule has 39 heavy (non-hydrogen) atoms. The molecule has 0 aliphatic carbocycles. The first-order valence-electron chi connectivity index (χ1n) is 12.1. The van der Waals surface area contributed by atoms with Crippen molar-refractivity contribution >= 4 is 64.1 Å². The second kappa shape index (κ2) is 13.8. The van der Waals surface area contributed by atoms with Gasteiger partial charge in [0.05, 0.1) is 28.7 Å². The van der Waals surface area contributed by atoms with E-state index in [1.165, 1.54) is 37.3 Å². The number of carbonyl (C=O) groups is 5. The predicted molar refractivity (Wildman–Crippen MR) is 147 cm³/mol. The number of nitrogens with zero attached hydrogens (tertiary/aromatic N) is 1. The van der Waals surface area contributed by atoms with Crippen LogP contribution in [0.15, 0.2) is 41.3 Å². The largest absolute Gasteiger partial charge is 0.490 e. The van der Waals surface area contributed by atoms with Crippen molar-refractivity contribution in [2.24, 2.45) is 0 Å². The number of unbranched alkanes of at least 4 members (excludes halogenated alkanes) is 1. The van der Waals surface area contributed by atoms with Crippen molar-refractivity contribution in [2.45, 2.75) is 33.6 Å². The highest BCUT2D eigenvalue weighted by atomic mass is 35.5. The minimum atomic E-state index is -0.643. The van der Waals surface area contributed by atoms with Gasteiger partial charge >= 0.3 is 11.9 Å². The van der Waals surface area contributed by atoms with Crippen LogP contribution < -0.4 is 14.8 Å². The molecule has 1 aliphatic rings. The highest BCUT2D eigenvalue weighted by Crippen LogP contribution is 2.35. The second-order valence-electron chi connectivity index (χ2n) is 8.23. The fourth-order valence-corrected chi connectivity index (χ4v) is 4.43. The van der Waals surface area contributed by atoms with E-state index in [-0.39, 0.29) is 33.5 Å². The van der Waals surface area contributed by atoms with Crippen molar-refractivity contribution in [1.82, 2.24) is 4.90 Å². The summed E-state index contributed by atoms with van der Waals surface area (Å²) in [6.07, 6.45) is 3.05. The van der Waals surface area contributed by atoms with E-state index < -0.39 is 35.5 Å². The minimum Gasteiger partial charge on any atom is -0.490 e. The molecular weight excluding hydrogens is 548 g/mol. The first-order chi connectivity index (χ1) is 18.6. The molecule has 1 aliphatic heterocycles. The van der Waals surface area contributed by atoms with Gasteiger partial charge in [-0.1, -0.05) is 31.0 Å². The van der Waals surface area contributed by atoms with Gasteiger partial charge in [0.25, 0.3) is 11.1 Å². The summed E-state index contributed by atoms with van der Waals surface area (Å²) in [6, 6.07) is 9.01. The van der Waals surface area contributed by atoms with Gasteiger partial charge in [0.2, 0.25) is 5.91 Å². The van der Waals surface area contributed by atoms with Gasteiger partial charge in [0.15, 0.2) is 11.5 Å². The summed E-state index contributed by atoms with van der Waals surface area (Å²) >= 11 is 6.80. The Kier molecular flexibility index (Phi) is 10.5. The monoisotopic (exact) mass is 574 g/mol. The van der Waals surface area contributed by atoms with Crippen LogP contribution in [-0.2, 0) is 19.1 Å². The van der Waals surface area contributed by atoms with E-state index in [1.807, 2.05) is 6.92 Å². The molecule has 3 amide bonds. The van der Waals surface area contributed by atoms with Crippen molar-refractivity contribution < 1.29 is 38.2 Å². The summed E-state index contributed by atoms with van der Waals surface area (Å²) in [4.78, 5) is 62.6. The molecule has 12 heteroatoms. The lowest BCUT2D eigenvalue weighted by Crippen LogP contribution is -2.36. The molecule has 2 aromatic rings. The SMILES string of the molecule is CCCCOC(=O)c1cc(NC(=O)CN2C(=O)S/C(=C/c3ccc(OC(C)=O)c(OCC)c3)C2=O)ccc1Cl. The van der Waals surface area contributed by atoms with Crippen LogP contribution in [0.25, 0.3) is 6.08 Å². The summed E-state index contributed by atoms with van der Waals surface area (Å²) < 4.78 is 15.8. The van der Waals surface area contributed by atoms with Gasteiger partial charge < -0.3 is 19.5 Å². The van der Waals surface area contributed by atoms with Crippen LogP contribution >= 0.6 is 23.4 Å². The molecule has 0 bridgehead atoms. The molecule has 0 radical (unpaired) electrons. The fourth-order valence-electron chi connectivity index (χ4n) is 3.40. The van der Waals surface area contributed by atoms with Crippen LogP contribution in [0, 0.1) is 0 Å². The zero-order valence-electron chi connectivity index (χ0n) is 21.6. The van der Waals surface area contributed by atoms with Gasteiger partial charge in [0, 0.05) is 12.6 Å². The standard InChI is InChI=1S/C27H27ClN2O8S/c1-4-6-11-37-26(34)19-14-18(8-9-20(19)28)29-24(32)15-30-25(33)23(39-27(30)35)13-17-7-10-21(38-16(3)31)22(12-17)36-5-2/h7-10,12-14H,4-6,11,15H2,1-3H3,(H,29,32)/b23-13+. The fraction of sp³-hybridized carbons (Fsp3) is 0.296. The Labute approximate surface area is 234 Å². The molecule has 0 saturated carbocycles. The minimum absolute atomic E-state index is 0.0887. The average Bonchev–Trinajstić information content (AvgIpc) is 3.13. The van der Waals surface area contributed by atoms with Crippen molar-refractivity contribution in [2.75, 3.05) is 25.1 Å². The molecule has 10 nitrogen and oxygen atoms in total. The quantitative estimate of drug-likeness (QED) is 0.164. The number of esters is 2. The van der Waals surface area contributed by atoms with Crippen LogP contribution in [0.4, 0.5) is 10.5 Å². The molecule has 1 N–H and O–H groups in total. The second-order valence-corrected chi connectivity index (χ2v) is 9.63. The Morgan fingerprint density at radius 1 is 1.08 bits per heavy atom. The van der Waals surface area contributed by atoms with Crippen molar-refractivity contribution in [1.29, 1.82) is 0 Å². The molecule has 0 atom stereocenters. The Bertz CT molecular complexity index is 1330. The summed E-state index contributed by atoms with van der Waals surface area (Å²) in [7, 11) is 0. The number of thioether (sulfide) groups is 1. The summed E-state index contributed by atoms with van der Waals surface area (Å²) in [6.45, 7) is 5.04. The number of hydrogen-bond acceptors (Lipinski definition) is 9. The van der Waals surface area contributed by atoms with E-state index >= 15 is 0 Å².